The summed E-state index contributed by atoms with van der Waals surface area (Å²) >= 11 is 0. The average molecular weight is 483 g/mol. The molecular formula is C24H25F4NO5. The number of benzene rings is 2. The van der Waals surface area contributed by atoms with Gasteiger partial charge in [-0.3, -0.25) is 0 Å². The fraction of sp³-hybridized carbons (Fsp3) is 0.417. The summed E-state index contributed by atoms with van der Waals surface area (Å²) in [7, 11) is 0. The average Bonchev–Trinajstić information content (AvgIpc) is 2.77. The smallest absolute Gasteiger partial charge is 0.419 e. The van der Waals surface area contributed by atoms with Crippen LogP contribution in [0.4, 0.5) is 22.4 Å². The van der Waals surface area contributed by atoms with E-state index in [0.29, 0.717) is 37.4 Å². The van der Waals surface area contributed by atoms with Crippen LogP contribution in [0.1, 0.15) is 49.3 Å². The van der Waals surface area contributed by atoms with Gasteiger partial charge in [0.1, 0.15) is 18.2 Å². The first-order valence-electron chi connectivity index (χ1n) is 10.7. The number of ether oxygens (including phenoxy) is 2. The van der Waals surface area contributed by atoms with Crippen LogP contribution in [0, 0.1) is 5.82 Å². The van der Waals surface area contributed by atoms with E-state index >= 15 is 0 Å². The Bertz CT molecular complexity index is 1050. The van der Waals surface area contributed by atoms with E-state index in [1.54, 1.807) is 18.2 Å². The number of carboxylic acid groups (broad SMARTS) is 1. The van der Waals surface area contributed by atoms with Gasteiger partial charge in [0.2, 0.25) is 0 Å². The number of halogens is 4. The number of alkyl halides is 3. The molecule has 2 aromatic carbocycles. The SMILES string of the molecule is CC(C)(Oc1cccc(C2CCCN(C(=O)OCc3ccc(F)c(C(F)(F)F)c3)C2)c1)C(=O)O. The van der Waals surface area contributed by atoms with Crippen molar-refractivity contribution in [3.8, 4) is 5.75 Å². The molecule has 3 rings (SSSR count). The van der Waals surface area contributed by atoms with Gasteiger partial charge in [-0.25, -0.2) is 14.0 Å². The first-order valence-corrected chi connectivity index (χ1v) is 10.7. The molecule has 34 heavy (non-hydrogen) atoms. The fourth-order valence-electron chi connectivity index (χ4n) is 3.70. The predicted octanol–water partition coefficient (Wildman–Crippen LogP) is 5.60. The van der Waals surface area contributed by atoms with E-state index < -0.39 is 41.8 Å². The van der Waals surface area contributed by atoms with Crippen LogP contribution >= 0.6 is 0 Å². The van der Waals surface area contributed by atoms with Crippen molar-refractivity contribution in [1.82, 2.24) is 4.90 Å². The van der Waals surface area contributed by atoms with Crippen molar-refractivity contribution in [2.45, 2.75) is 51.0 Å². The molecule has 1 aliphatic heterocycles. The lowest BCUT2D eigenvalue weighted by molar-refractivity contribution is -0.152. The number of likely N-dealkylation sites (tertiary alicyclic amines) is 1. The van der Waals surface area contributed by atoms with E-state index in [0.717, 1.165) is 18.1 Å². The van der Waals surface area contributed by atoms with Gasteiger partial charge in [-0.15, -0.1) is 0 Å². The molecule has 184 valence electrons. The number of rotatable bonds is 6. The molecule has 0 spiro atoms. The van der Waals surface area contributed by atoms with Gasteiger partial charge in [-0.1, -0.05) is 18.2 Å². The molecule has 1 amide bonds. The number of hydrogen-bond acceptors (Lipinski definition) is 4. The van der Waals surface area contributed by atoms with Gasteiger partial charge in [-0.05, 0) is 62.1 Å². The highest BCUT2D eigenvalue weighted by Gasteiger charge is 2.34. The second-order valence-electron chi connectivity index (χ2n) is 8.64. The number of piperidine rings is 1. The molecule has 1 fully saturated rings. The number of aliphatic carboxylic acids is 1. The maximum absolute atomic E-state index is 13.4. The Morgan fingerprint density at radius 3 is 2.56 bits per heavy atom. The predicted molar refractivity (Wildman–Crippen MR) is 114 cm³/mol. The summed E-state index contributed by atoms with van der Waals surface area (Å²) in [5.74, 6) is -2.16. The molecule has 0 bridgehead atoms. The van der Waals surface area contributed by atoms with Gasteiger partial charge in [0, 0.05) is 19.0 Å². The van der Waals surface area contributed by atoms with Crippen molar-refractivity contribution in [2.24, 2.45) is 0 Å². The van der Waals surface area contributed by atoms with Crippen LogP contribution in [-0.4, -0.2) is 40.8 Å². The number of carboxylic acids is 1. The largest absolute Gasteiger partial charge is 0.478 e. The molecule has 0 aliphatic carbocycles. The van der Waals surface area contributed by atoms with Crippen molar-refractivity contribution in [3.05, 3.63) is 65.0 Å². The molecule has 2 aromatic rings. The molecular weight excluding hydrogens is 458 g/mol. The summed E-state index contributed by atoms with van der Waals surface area (Å²) in [5, 5.41) is 9.26. The molecule has 1 saturated heterocycles. The molecule has 0 saturated carbocycles. The van der Waals surface area contributed by atoms with Crippen LogP contribution < -0.4 is 4.74 Å². The van der Waals surface area contributed by atoms with Crippen molar-refractivity contribution >= 4 is 12.1 Å². The third-order valence-electron chi connectivity index (χ3n) is 5.60. The minimum atomic E-state index is -4.85. The van der Waals surface area contributed by atoms with Gasteiger partial charge >= 0.3 is 18.2 Å². The van der Waals surface area contributed by atoms with E-state index in [-0.39, 0.29) is 11.5 Å². The fourth-order valence-corrected chi connectivity index (χ4v) is 3.70. The molecule has 6 nitrogen and oxygen atoms in total. The van der Waals surface area contributed by atoms with Crippen LogP contribution in [-0.2, 0) is 22.3 Å². The number of hydrogen-bond donors (Lipinski definition) is 1. The second-order valence-corrected chi connectivity index (χ2v) is 8.64. The van der Waals surface area contributed by atoms with Crippen LogP contribution in [0.3, 0.4) is 0 Å². The minimum Gasteiger partial charge on any atom is -0.478 e. The number of nitrogens with zero attached hydrogens (tertiary/aromatic N) is 1. The van der Waals surface area contributed by atoms with Gasteiger partial charge in [0.05, 0.1) is 5.56 Å². The van der Waals surface area contributed by atoms with Gasteiger partial charge in [0.25, 0.3) is 0 Å². The lowest BCUT2D eigenvalue weighted by Crippen LogP contribution is -2.39. The van der Waals surface area contributed by atoms with Gasteiger partial charge < -0.3 is 19.5 Å². The monoisotopic (exact) mass is 483 g/mol. The van der Waals surface area contributed by atoms with Crippen LogP contribution in [0.25, 0.3) is 0 Å². The van der Waals surface area contributed by atoms with Gasteiger partial charge in [0.15, 0.2) is 5.60 Å². The summed E-state index contributed by atoms with van der Waals surface area (Å²) < 4.78 is 62.9. The third kappa shape index (κ3) is 6.18. The van der Waals surface area contributed by atoms with Crippen LogP contribution in [0.15, 0.2) is 42.5 Å². The zero-order valence-electron chi connectivity index (χ0n) is 18.7. The van der Waals surface area contributed by atoms with E-state index in [4.69, 9.17) is 9.47 Å². The normalized spacial score (nSPS) is 16.8. The lowest BCUT2D eigenvalue weighted by Gasteiger charge is -2.32. The zero-order chi connectivity index (χ0) is 25.1. The van der Waals surface area contributed by atoms with E-state index in [1.807, 2.05) is 6.07 Å². The van der Waals surface area contributed by atoms with Crippen LogP contribution in [0.5, 0.6) is 5.75 Å². The Morgan fingerprint density at radius 2 is 1.88 bits per heavy atom. The van der Waals surface area contributed by atoms with E-state index in [2.05, 4.69) is 0 Å². The highest BCUT2D eigenvalue weighted by Crippen LogP contribution is 2.33. The summed E-state index contributed by atoms with van der Waals surface area (Å²) in [4.78, 5) is 25.3. The number of carbonyl (C=O) groups excluding carboxylic acids is 1. The van der Waals surface area contributed by atoms with E-state index in [9.17, 15) is 32.3 Å². The van der Waals surface area contributed by atoms with Crippen molar-refractivity contribution in [2.75, 3.05) is 13.1 Å². The molecule has 0 aromatic heterocycles. The highest BCUT2D eigenvalue weighted by molar-refractivity contribution is 5.76. The molecule has 1 atom stereocenters. The first kappa shape index (κ1) is 25.3. The quantitative estimate of drug-likeness (QED) is 0.541. The maximum Gasteiger partial charge on any atom is 0.419 e. The Kier molecular flexibility index (Phi) is 7.38. The molecule has 10 heteroatoms. The van der Waals surface area contributed by atoms with E-state index in [1.165, 1.54) is 18.7 Å². The first-order chi connectivity index (χ1) is 15.9. The Morgan fingerprint density at radius 1 is 1.15 bits per heavy atom. The Hall–Kier alpha value is -3.30. The van der Waals surface area contributed by atoms with Gasteiger partial charge in [-0.2, -0.15) is 13.2 Å². The molecule has 1 N–H and O–H groups in total. The third-order valence-corrected chi connectivity index (χ3v) is 5.60. The van der Waals surface area contributed by atoms with Crippen molar-refractivity contribution in [3.63, 3.8) is 0 Å². The Labute approximate surface area is 194 Å². The maximum atomic E-state index is 13.4. The summed E-state index contributed by atoms with van der Waals surface area (Å²) in [6, 6.07) is 9.46. The summed E-state index contributed by atoms with van der Waals surface area (Å²) in [6.45, 7) is 3.21. The molecule has 1 unspecified atom stereocenters. The number of carbonyl (C=O) groups is 2. The molecule has 0 radical (unpaired) electrons. The minimum absolute atomic E-state index is 0.0292. The molecule has 1 heterocycles. The molecule has 1 aliphatic rings. The zero-order valence-corrected chi connectivity index (χ0v) is 18.7. The van der Waals surface area contributed by atoms with Crippen molar-refractivity contribution in [1.29, 1.82) is 0 Å². The van der Waals surface area contributed by atoms with Crippen molar-refractivity contribution < 1.29 is 41.7 Å². The summed E-state index contributed by atoms with van der Waals surface area (Å²) in [5.41, 5.74) is -1.92. The standard InChI is InChI=1S/C24H25F4NO5/c1-23(2,21(30)31)34-18-7-3-5-16(12-18)17-6-4-10-29(13-17)22(32)33-14-15-8-9-20(25)19(11-15)24(26,27)28/h3,5,7-9,11-12,17H,4,6,10,13-14H2,1-2H3,(H,30,31). The lowest BCUT2D eigenvalue weighted by atomic mass is 9.90. The number of amides is 1. The topological polar surface area (TPSA) is 76.1 Å². The highest BCUT2D eigenvalue weighted by atomic mass is 19.4. The second kappa shape index (κ2) is 9.90. The summed E-state index contributed by atoms with van der Waals surface area (Å²) in [6.07, 6.45) is -4.06. The van der Waals surface area contributed by atoms with Crippen LogP contribution in [0.2, 0.25) is 0 Å². The Balaban J connectivity index is 1.63.